The number of carbonyl (C=O) groups excluding carboxylic acids is 2. The maximum atomic E-state index is 14.5. The molecule has 12 nitrogen and oxygen atoms in total. The molecule has 0 fully saturated rings. The summed E-state index contributed by atoms with van der Waals surface area (Å²) in [6.45, 7) is 2.40. The number of halogens is 1. The fourth-order valence-corrected chi connectivity index (χ4v) is 4.92. The van der Waals surface area contributed by atoms with E-state index in [2.05, 4.69) is 25.7 Å². The Bertz CT molecular complexity index is 1740. The van der Waals surface area contributed by atoms with E-state index in [0.717, 1.165) is 33.4 Å². The summed E-state index contributed by atoms with van der Waals surface area (Å²) in [6.07, 6.45) is 7.62. The Morgan fingerprint density at radius 3 is 2.78 bits per heavy atom. The van der Waals surface area contributed by atoms with Crippen LogP contribution < -0.4 is 15.4 Å². The van der Waals surface area contributed by atoms with E-state index >= 15 is 0 Å². The number of carboxylic acid groups (broad SMARTS) is 1. The highest BCUT2D eigenvalue weighted by Gasteiger charge is 2.34. The first-order valence-corrected chi connectivity index (χ1v) is 13.0. The SMILES string of the molecule is CC1(C(=O)O)CC=C(CNC(=O)c2cc(C(=O)NCc3ccc4c(c3)-n3ccnc3CO4)nc3c(F)cnn23)CC1. The molecule has 3 N–H and O–H groups in total. The van der Waals surface area contributed by atoms with Crippen molar-refractivity contribution < 1.29 is 28.6 Å². The smallest absolute Gasteiger partial charge is 0.309 e. The number of nitrogens with one attached hydrogen (secondary N) is 2. The van der Waals surface area contributed by atoms with Crippen LogP contribution in [0.5, 0.6) is 5.75 Å². The van der Waals surface area contributed by atoms with Crippen molar-refractivity contribution in [3.8, 4) is 11.4 Å². The lowest BCUT2D eigenvalue weighted by Crippen LogP contribution is -2.33. The van der Waals surface area contributed by atoms with Crippen LogP contribution >= 0.6 is 0 Å². The average Bonchev–Trinajstić information content (AvgIpc) is 3.62. The second-order valence-corrected chi connectivity index (χ2v) is 10.4. The molecule has 1 aromatic carbocycles. The van der Waals surface area contributed by atoms with Gasteiger partial charge in [-0.3, -0.25) is 19.0 Å². The number of hydrogen-bond acceptors (Lipinski definition) is 7. The van der Waals surface area contributed by atoms with Gasteiger partial charge in [0.2, 0.25) is 0 Å². The van der Waals surface area contributed by atoms with Gasteiger partial charge in [-0.25, -0.2) is 18.9 Å². The molecule has 6 rings (SSSR count). The molecule has 4 aromatic rings. The summed E-state index contributed by atoms with van der Waals surface area (Å²) >= 11 is 0. The van der Waals surface area contributed by atoms with E-state index < -0.39 is 29.0 Å². The Morgan fingerprint density at radius 2 is 2.00 bits per heavy atom. The summed E-state index contributed by atoms with van der Waals surface area (Å²) in [5.41, 5.74) is 1.20. The Hall–Kier alpha value is -5.07. The molecular weight excluding hydrogens is 533 g/mol. The van der Waals surface area contributed by atoms with E-state index in [1.54, 1.807) is 13.1 Å². The van der Waals surface area contributed by atoms with E-state index in [9.17, 15) is 23.9 Å². The highest BCUT2D eigenvalue weighted by Crippen LogP contribution is 2.35. The number of carboxylic acids is 1. The lowest BCUT2D eigenvalue weighted by atomic mass is 9.76. The molecule has 1 aliphatic heterocycles. The molecule has 0 spiro atoms. The number of rotatable bonds is 7. The summed E-state index contributed by atoms with van der Waals surface area (Å²) in [4.78, 5) is 46.0. The van der Waals surface area contributed by atoms with Crippen molar-refractivity contribution in [3.63, 3.8) is 0 Å². The minimum absolute atomic E-state index is 0.0607. The van der Waals surface area contributed by atoms with E-state index in [4.69, 9.17) is 4.74 Å². The van der Waals surface area contributed by atoms with Gasteiger partial charge < -0.3 is 20.5 Å². The van der Waals surface area contributed by atoms with Crippen LogP contribution in [-0.4, -0.2) is 53.6 Å². The van der Waals surface area contributed by atoms with Gasteiger partial charge in [0.15, 0.2) is 17.3 Å². The predicted molar refractivity (Wildman–Crippen MR) is 142 cm³/mol. The molecular formula is C28H26FN7O5. The second kappa shape index (κ2) is 10.2. The first-order chi connectivity index (χ1) is 19.7. The third kappa shape index (κ3) is 4.90. The van der Waals surface area contributed by atoms with Crippen LogP contribution in [-0.2, 0) is 17.9 Å². The maximum Gasteiger partial charge on any atom is 0.309 e. The number of fused-ring (bicyclic) bond motifs is 4. The Kier molecular flexibility index (Phi) is 6.48. The van der Waals surface area contributed by atoms with Crippen molar-refractivity contribution in [2.24, 2.45) is 5.41 Å². The van der Waals surface area contributed by atoms with Gasteiger partial charge >= 0.3 is 5.97 Å². The minimum atomic E-state index is -0.851. The van der Waals surface area contributed by atoms with E-state index in [1.165, 1.54) is 6.07 Å². The van der Waals surface area contributed by atoms with Gasteiger partial charge in [-0.1, -0.05) is 17.7 Å². The topological polar surface area (TPSA) is 153 Å². The van der Waals surface area contributed by atoms with E-state index in [-0.39, 0.29) is 30.1 Å². The molecule has 4 heterocycles. The molecule has 0 saturated heterocycles. The number of imidazole rings is 1. The molecule has 2 aliphatic rings. The van der Waals surface area contributed by atoms with Gasteiger partial charge in [0.25, 0.3) is 11.8 Å². The largest absolute Gasteiger partial charge is 0.483 e. The molecule has 210 valence electrons. The monoisotopic (exact) mass is 559 g/mol. The second-order valence-electron chi connectivity index (χ2n) is 10.4. The van der Waals surface area contributed by atoms with Crippen molar-refractivity contribution in [1.82, 2.24) is 34.8 Å². The van der Waals surface area contributed by atoms with Crippen LogP contribution in [0.25, 0.3) is 11.3 Å². The fraction of sp³-hybridized carbons (Fsp3) is 0.286. The van der Waals surface area contributed by atoms with Gasteiger partial charge in [0.05, 0.1) is 17.3 Å². The molecule has 0 bridgehead atoms. The number of allylic oxidation sites excluding steroid dienone is 1. The Labute approximate surface area is 232 Å². The molecule has 1 atom stereocenters. The van der Waals surface area contributed by atoms with E-state index in [0.29, 0.717) is 31.6 Å². The van der Waals surface area contributed by atoms with Gasteiger partial charge in [0, 0.05) is 31.5 Å². The first-order valence-electron chi connectivity index (χ1n) is 13.0. The number of aliphatic carboxylic acids is 1. The van der Waals surface area contributed by atoms with Gasteiger partial charge in [-0.15, -0.1) is 0 Å². The van der Waals surface area contributed by atoms with Crippen molar-refractivity contribution in [3.05, 3.63) is 83.1 Å². The summed E-state index contributed by atoms with van der Waals surface area (Å²) < 4.78 is 23.2. The highest BCUT2D eigenvalue weighted by atomic mass is 19.1. The van der Waals surface area contributed by atoms with Crippen LogP contribution in [0.1, 0.15) is 58.6 Å². The first kappa shape index (κ1) is 26.2. The number of aromatic nitrogens is 5. The normalized spacial score (nSPS) is 17.7. The molecule has 0 radical (unpaired) electrons. The summed E-state index contributed by atoms with van der Waals surface area (Å²) in [5, 5.41) is 18.9. The Morgan fingerprint density at radius 1 is 1.17 bits per heavy atom. The third-order valence-electron chi connectivity index (χ3n) is 7.54. The molecule has 1 unspecified atom stereocenters. The molecule has 1 aliphatic carbocycles. The zero-order valence-corrected chi connectivity index (χ0v) is 22.1. The molecule has 2 amide bonds. The quantitative estimate of drug-likeness (QED) is 0.292. The number of ether oxygens (including phenoxy) is 1. The number of nitrogens with zero attached hydrogens (tertiary/aromatic N) is 5. The average molecular weight is 560 g/mol. The molecule has 0 saturated carbocycles. The van der Waals surface area contributed by atoms with Crippen molar-refractivity contribution >= 4 is 23.4 Å². The highest BCUT2D eigenvalue weighted by molar-refractivity contribution is 5.98. The summed E-state index contributed by atoms with van der Waals surface area (Å²) in [6, 6.07) is 6.79. The summed E-state index contributed by atoms with van der Waals surface area (Å²) in [7, 11) is 0. The van der Waals surface area contributed by atoms with Gasteiger partial charge in [-0.2, -0.15) is 5.10 Å². The minimum Gasteiger partial charge on any atom is -0.483 e. The molecule has 13 heteroatoms. The van der Waals surface area contributed by atoms with Crippen LogP contribution in [0.2, 0.25) is 0 Å². The molecule has 3 aromatic heterocycles. The fourth-order valence-electron chi connectivity index (χ4n) is 4.92. The van der Waals surface area contributed by atoms with Gasteiger partial charge in [-0.05, 0) is 43.9 Å². The zero-order valence-electron chi connectivity index (χ0n) is 22.1. The summed E-state index contributed by atoms with van der Waals surface area (Å²) in [5.74, 6) is -1.33. The lowest BCUT2D eigenvalue weighted by molar-refractivity contribution is -0.148. The van der Waals surface area contributed by atoms with Crippen LogP contribution in [0.3, 0.4) is 0 Å². The Balaban J connectivity index is 1.17. The maximum absolute atomic E-state index is 14.5. The number of amides is 2. The predicted octanol–water partition coefficient (Wildman–Crippen LogP) is 2.81. The van der Waals surface area contributed by atoms with Gasteiger partial charge in [0.1, 0.15) is 23.7 Å². The van der Waals surface area contributed by atoms with Crippen molar-refractivity contribution in [2.45, 2.75) is 39.3 Å². The zero-order chi connectivity index (χ0) is 28.7. The number of carbonyl (C=O) groups is 3. The van der Waals surface area contributed by atoms with Crippen LogP contribution in [0.4, 0.5) is 4.39 Å². The van der Waals surface area contributed by atoms with Crippen molar-refractivity contribution in [1.29, 1.82) is 0 Å². The molecule has 41 heavy (non-hydrogen) atoms. The number of benzene rings is 1. The number of hydrogen-bond donors (Lipinski definition) is 3. The van der Waals surface area contributed by atoms with Crippen LogP contribution in [0, 0.1) is 11.2 Å². The van der Waals surface area contributed by atoms with E-state index in [1.807, 2.05) is 35.0 Å². The lowest BCUT2D eigenvalue weighted by Gasteiger charge is -2.28. The van der Waals surface area contributed by atoms with Crippen molar-refractivity contribution in [2.75, 3.05) is 6.54 Å². The third-order valence-corrected chi connectivity index (χ3v) is 7.54. The van der Waals surface area contributed by atoms with Crippen LogP contribution in [0.15, 0.2) is 54.5 Å². The standard InChI is InChI=1S/C28H26FN7O5/c1-28(27(39)40)6-4-16(5-7-28)12-32-26(38)21-11-19(34-24-18(29)14-33-36(21)24)25(37)31-13-17-2-3-22-20(10-17)35-9-8-30-23(35)15-41-22/h2-4,8-11,14H,5-7,12-13,15H2,1H3,(H,31,37)(H,32,38)(H,39,40).